The average molecular weight is 414 g/mol. The van der Waals surface area contributed by atoms with Gasteiger partial charge in [-0.3, -0.25) is 0 Å². The standard InChI is InChI=1S/C14H10O4.2C4H6O2/c15-13(16)11-8-4-7-10(12(11)14(17)18)9-5-2-1-3-6-9;2*1-3(2)4(5)6/h1-8H,(H,15,16)(H,17,18);2*1H2,2H3,(H,5,6). The van der Waals surface area contributed by atoms with Crippen molar-refractivity contribution >= 4 is 23.9 Å². The van der Waals surface area contributed by atoms with Gasteiger partial charge in [0.05, 0.1) is 11.1 Å². The molecule has 0 aliphatic heterocycles. The monoisotopic (exact) mass is 414 g/mol. The zero-order valence-electron chi connectivity index (χ0n) is 16.5. The summed E-state index contributed by atoms with van der Waals surface area (Å²) < 4.78 is 0. The van der Waals surface area contributed by atoms with E-state index in [1.54, 1.807) is 30.3 Å². The molecule has 0 unspecified atom stereocenters. The fraction of sp³-hybridized carbons (Fsp3) is 0.0909. The summed E-state index contributed by atoms with van der Waals surface area (Å²) in [5, 5.41) is 34.0. The first-order valence-electron chi connectivity index (χ1n) is 8.32. The maximum atomic E-state index is 11.3. The van der Waals surface area contributed by atoms with Gasteiger partial charge in [-0.15, -0.1) is 0 Å². The minimum atomic E-state index is -1.25. The summed E-state index contributed by atoms with van der Waals surface area (Å²) in [6.07, 6.45) is 0. The molecule has 0 heterocycles. The second-order valence-electron chi connectivity index (χ2n) is 5.88. The fourth-order valence-electron chi connectivity index (χ4n) is 1.82. The zero-order chi connectivity index (χ0) is 23.4. The first kappa shape index (κ1) is 25.8. The molecule has 0 aliphatic rings. The Hall–Kier alpha value is -4.20. The smallest absolute Gasteiger partial charge is 0.337 e. The number of carboxylic acid groups (broad SMARTS) is 4. The maximum Gasteiger partial charge on any atom is 0.337 e. The van der Waals surface area contributed by atoms with E-state index in [-0.39, 0.29) is 22.3 Å². The van der Waals surface area contributed by atoms with E-state index in [4.69, 9.17) is 15.3 Å². The molecular formula is C22H22O8. The molecule has 0 aromatic heterocycles. The predicted octanol–water partition coefficient (Wildman–Crippen LogP) is 4.04. The van der Waals surface area contributed by atoms with E-state index in [9.17, 15) is 24.3 Å². The number of hydrogen-bond acceptors (Lipinski definition) is 4. The Balaban J connectivity index is 0.000000580. The highest BCUT2D eigenvalue weighted by atomic mass is 16.4. The Kier molecular flexibility index (Phi) is 10.6. The average Bonchev–Trinajstić information content (AvgIpc) is 2.68. The van der Waals surface area contributed by atoms with Gasteiger partial charge in [0.1, 0.15) is 0 Å². The molecule has 8 heteroatoms. The van der Waals surface area contributed by atoms with Gasteiger partial charge in [-0.1, -0.05) is 55.6 Å². The molecule has 0 radical (unpaired) electrons. The quantitative estimate of drug-likeness (QED) is 0.535. The third kappa shape index (κ3) is 8.66. The van der Waals surface area contributed by atoms with Crippen LogP contribution in [-0.2, 0) is 9.59 Å². The number of hydrogen-bond donors (Lipinski definition) is 4. The van der Waals surface area contributed by atoms with E-state index in [2.05, 4.69) is 13.2 Å². The van der Waals surface area contributed by atoms with Crippen molar-refractivity contribution in [2.75, 3.05) is 0 Å². The third-order valence-corrected chi connectivity index (χ3v) is 3.32. The Morgan fingerprint density at radius 2 is 1.10 bits per heavy atom. The van der Waals surface area contributed by atoms with E-state index in [0.717, 1.165) is 0 Å². The number of carbonyl (C=O) groups is 4. The van der Waals surface area contributed by atoms with Gasteiger partial charge >= 0.3 is 23.9 Å². The molecular weight excluding hydrogens is 392 g/mol. The molecule has 2 aromatic rings. The van der Waals surface area contributed by atoms with Crippen LogP contribution in [0, 0.1) is 0 Å². The van der Waals surface area contributed by atoms with Crippen LogP contribution in [0.5, 0.6) is 0 Å². The van der Waals surface area contributed by atoms with Gasteiger partial charge < -0.3 is 20.4 Å². The summed E-state index contributed by atoms with van der Waals surface area (Å²) in [6, 6.07) is 13.3. The van der Waals surface area contributed by atoms with Crippen molar-refractivity contribution in [2.24, 2.45) is 0 Å². The summed E-state index contributed by atoms with van der Waals surface area (Å²) in [5.41, 5.74) is 1.05. The van der Waals surface area contributed by atoms with Crippen LogP contribution in [0.4, 0.5) is 0 Å². The minimum Gasteiger partial charge on any atom is -0.478 e. The lowest BCUT2D eigenvalue weighted by Gasteiger charge is -2.08. The van der Waals surface area contributed by atoms with Crippen LogP contribution in [0.2, 0.25) is 0 Å². The van der Waals surface area contributed by atoms with E-state index in [1.165, 1.54) is 26.0 Å². The van der Waals surface area contributed by atoms with Crippen molar-refractivity contribution in [3.05, 3.63) is 84.0 Å². The summed E-state index contributed by atoms with van der Waals surface area (Å²) in [5.74, 6) is -4.36. The van der Waals surface area contributed by atoms with Gasteiger partial charge in [-0.05, 0) is 31.0 Å². The second kappa shape index (κ2) is 12.3. The van der Waals surface area contributed by atoms with Gasteiger partial charge in [0.25, 0.3) is 0 Å². The van der Waals surface area contributed by atoms with Crippen molar-refractivity contribution < 1.29 is 39.6 Å². The topological polar surface area (TPSA) is 149 Å². The molecule has 158 valence electrons. The lowest BCUT2D eigenvalue weighted by atomic mass is 9.95. The predicted molar refractivity (Wildman–Crippen MR) is 111 cm³/mol. The third-order valence-electron chi connectivity index (χ3n) is 3.32. The molecule has 0 saturated heterocycles. The fourth-order valence-corrected chi connectivity index (χ4v) is 1.82. The molecule has 2 rings (SSSR count). The van der Waals surface area contributed by atoms with E-state index < -0.39 is 23.9 Å². The maximum absolute atomic E-state index is 11.3. The molecule has 4 N–H and O–H groups in total. The van der Waals surface area contributed by atoms with Gasteiger partial charge in [-0.25, -0.2) is 19.2 Å². The molecule has 0 spiro atoms. The molecule has 30 heavy (non-hydrogen) atoms. The van der Waals surface area contributed by atoms with Crippen molar-refractivity contribution in [2.45, 2.75) is 13.8 Å². The van der Waals surface area contributed by atoms with E-state index >= 15 is 0 Å². The number of rotatable bonds is 5. The van der Waals surface area contributed by atoms with Crippen molar-refractivity contribution in [3.8, 4) is 11.1 Å². The largest absolute Gasteiger partial charge is 0.478 e. The van der Waals surface area contributed by atoms with E-state index in [1.807, 2.05) is 6.07 Å². The molecule has 0 bridgehead atoms. The highest BCUT2D eigenvalue weighted by molar-refractivity contribution is 6.06. The Labute approximate surface area is 173 Å². The van der Waals surface area contributed by atoms with Gasteiger partial charge in [0.2, 0.25) is 0 Å². The van der Waals surface area contributed by atoms with Gasteiger partial charge in [0.15, 0.2) is 0 Å². The van der Waals surface area contributed by atoms with Gasteiger partial charge in [-0.2, -0.15) is 0 Å². The van der Waals surface area contributed by atoms with Crippen LogP contribution in [0.1, 0.15) is 34.6 Å². The SMILES string of the molecule is C=C(C)C(=O)O.C=C(C)C(=O)O.O=C(O)c1cccc(-c2ccccc2)c1C(=O)O. The number of aromatic carboxylic acids is 2. The lowest BCUT2D eigenvalue weighted by Crippen LogP contribution is -2.09. The molecule has 0 atom stereocenters. The summed E-state index contributed by atoms with van der Waals surface area (Å²) in [6.45, 7) is 9.20. The van der Waals surface area contributed by atoms with Crippen molar-refractivity contribution in [3.63, 3.8) is 0 Å². The highest BCUT2D eigenvalue weighted by Crippen LogP contribution is 2.26. The van der Waals surface area contributed by atoms with Crippen molar-refractivity contribution in [1.82, 2.24) is 0 Å². The first-order chi connectivity index (χ1) is 13.9. The Morgan fingerprint density at radius 3 is 1.43 bits per heavy atom. The summed E-state index contributed by atoms with van der Waals surface area (Å²) in [7, 11) is 0. The normalized spacial score (nSPS) is 9.00. The molecule has 2 aromatic carbocycles. The summed E-state index contributed by atoms with van der Waals surface area (Å²) in [4.78, 5) is 41.5. The Bertz CT molecular complexity index is 910. The molecule has 0 aliphatic carbocycles. The second-order valence-corrected chi connectivity index (χ2v) is 5.88. The number of aliphatic carboxylic acids is 2. The van der Waals surface area contributed by atoms with Crippen LogP contribution in [0.15, 0.2) is 72.8 Å². The van der Waals surface area contributed by atoms with Crippen LogP contribution >= 0.6 is 0 Å². The number of carboxylic acids is 4. The lowest BCUT2D eigenvalue weighted by molar-refractivity contribution is -0.133. The Morgan fingerprint density at radius 1 is 0.667 bits per heavy atom. The first-order valence-corrected chi connectivity index (χ1v) is 8.32. The van der Waals surface area contributed by atoms with Crippen molar-refractivity contribution in [1.29, 1.82) is 0 Å². The highest BCUT2D eigenvalue weighted by Gasteiger charge is 2.20. The van der Waals surface area contributed by atoms with Gasteiger partial charge in [0, 0.05) is 11.1 Å². The molecule has 0 amide bonds. The van der Waals surface area contributed by atoms with E-state index in [0.29, 0.717) is 11.1 Å². The van der Waals surface area contributed by atoms with Crippen LogP contribution in [-0.4, -0.2) is 44.3 Å². The molecule has 8 nitrogen and oxygen atoms in total. The summed E-state index contributed by atoms with van der Waals surface area (Å²) >= 11 is 0. The molecule has 0 saturated carbocycles. The molecule has 0 fully saturated rings. The van der Waals surface area contributed by atoms with Crippen LogP contribution in [0.25, 0.3) is 11.1 Å². The van der Waals surface area contributed by atoms with Crippen LogP contribution < -0.4 is 0 Å². The zero-order valence-corrected chi connectivity index (χ0v) is 16.5. The number of benzene rings is 2. The minimum absolute atomic E-state index is 0.176. The van der Waals surface area contributed by atoms with Crippen LogP contribution in [0.3, 0.4) is 0 Å².